The van der Waals surface area contributed by atoms with Gasteiger partial charge in [-0.1, -0.05) is 30.3 Å². The van der Waals surface area contributed by atoms with E-state index in [1.807, 2.05) is 37.3 Å². The number of esters is 1. The van der Waals surface area contributed by atoms with Crippen LogP contribution in [0.15, 0.2) is 72.8 Å². The number of rotatable bonds is 8. The molecular weight excluding hydrogens is 478 g/mol. The molecule has 1 heterocycles. The third-order valence-electron chi connectivity index (χ3n) is 5.41. The van der Waals surface area contributed by atoms with Crippen LogP contribution < -0.4 is 20.3 Å². The molecule has 37 heavy (non-hydrogen) atoms. The Bertz CT molecular complexity index is 1350. The van der Waals surface area contributed by atoms with Crippen LogP contribution in [0.4, 0.5) is 10.5 Å². The summed E-state index contributed by atoms with van der Waals surface area (Å²) in [5, 5.41) is 4.59. The van der Waals surface area contributed by atoms with E-state index in [0.717, 1.165) is 10.5 Å². The van der Waals surface area contributed by atoms with E-state index >= 15 is 0 Å². The van der Waals surface area contributed by atoms with E-state index in [1.54, 1.807) is 24.3 Å². The van der Waals surface area contributed by atoms with Crippen molar-refractivity contribution in [3.8, 4) is 5.75 Å². The van der Waals surface area contributed by atoms with Crippen molar-refractivity contribution in [3.63, 3.8) is 0 Å². The van der Waals surface area contributed by atoms with Crippen molar-refractivity contribution in [2.24, 2.45) is 0 Å². The lowest BCUT2D eigenvalue weighted by Gasteiger charge is -2.14. The van der Waals surface area contributed by atoms with Gasteiger partial charge in [0.1, 0.15) is 5.75 Å². The summed E-state index contributed by atoms with van der Waals surface area (Å²) in [4.78, 5) is 63.1. The number of hydrogen-bond acceptors (Lipinski definition) is 7. The highest BCUT2D eigenvalue weighted by Gasteiger charge is 2.37. The number of carbonyl (C=O) groups excluding carboxylic acids is 5. The van der Waals surface area contributed by atoms with E-state index in [-0.39, 0.29) is 23.2 Å². The van der Waals surface area contributed by atoms with Gasteiger partial charge in [-0.05, 0) is 55.0 Å². The molecule has 10 heteroatoms. The Morgan fingerprint density at radius 2 is 1.57 bits per heavy atom. The average Bonchev–Trinajstić information content (AvgIpc) is 3.16. The number of ether oxygens (including phenoxy) is 2. The van der Waals surface area contributed by atoms with Crippen LogP contribution in [0.3, 0.4) is 0 Å². The zero-order valence-electron chi connectivity index (χ0n) is 19.9. The minimum absolute atomic E-state index is 0.0187. The highest BCUT2D eigenvalue weighted by atomic mass is 16.5. The SMILES string of the molecule is CCOc1ccc(N2C(=O)c3ccc(C(=O)OCC(=O)NC(=O)NCc4ccccc4)cc3C2=O)cc1. The lowest BCUT2D eigenvalue weighted by atomic mass is 10.1. The first-order valence-corrected chi connectivity index (χ1v) is 11.4. The lowest BCUT2D eigenvalue weighted by Crippen LogP contribution is -2.41. The van der Waals surface area contributed by atoms with Crippen molar-refractivity contribution >= 4 is 35.4 Å². The molecule has 0 atom stereocenters. The summed E-state index contributed by atoms with van der Waals surface area (Å²) in [5.74, 6) is -2.22. The lowest BCUT2D eigenvalue weighted by molar-refractivity contribution is -0.123. The summed E-state index contributed by atoms with van der Waals surface area (Å²) in [6, 6.07) is 18.8. The average molecular weight is 501 g/mol. The minimum atomic E-state index is -0.887. The minimum Gasteiger partial charge on any atom is -0.494 e. The molecule has 0 saturated heterocycles. The third-order valence-corrected chi connectivity index (χ3v) is 5.41. The Kier molecular flexibility index (Phi) is 7.58. The highest BCUT2D eigenvalue weighted by molar-refractivity contribution is 6.34. The molecular formula is C27H23N3O7. The predicted molar refractivity (Wildman–Crippen MR) is 132 cm³/mol. The molecule has 3 aromatic carbocycles. The number of benzene rings is 3. The fourth-order valence-corrected chi connectivity index (χ4v) is 3.66. The standard InChI is InChI=1S/C27H23N3O7/c1-2-36-20-11-9-19(10-12-20)30-24(32)21-13-8-18(14-22(21)25(30)33)26(34)37-16-23(31)29-27(35)28-15-17-6-4-3-5-7-17/h3-14H,2,15-16H2,1H3,(H2,28,29,31,35). The second kappa shape index (κ2) is 11.2. The number of carbonyl (C=O) groups is 5. The molecule has 5 amide bonds. The molecule has 0 aromatic heterocycles. The fourth-order valence-electron chi connectivity index (χ4n) is 3.66. The fraction of sp³-hybridized carbons (Fsp3) is 0.148. The van der Waals surface area contributed by atoms with Crippen LogP contribution in [0, 0.1) is 0 Å². The summed E-state index contributed by atoms with van der Waals surface area (Å²) >= 11 is 0. The third kappa shape index (κ3) is 5.81. The summed E-state index contributed by atoms with van der Waals surface area (Å²) in [7, 11) is 0. The summed E-state index contributed by atoms with van der Waals surface area (Å²) < 4.78 is 10.4. The Hall–Kier alpha value is -4.99. The number of fused-ring (bicyclic) bond motifs is 1. The van der Waals surface area contributed by atoms with Crippen LogP contribution in [0.2, 0.25) is 0 Å². The van der Waals surface area contributed by atoms with Crippen molar-refractivity contribution in [1.29, 1.82) is 0 Å². The molecule has 0 radical (unpaired) electrons. The van der Waals surface area contributed by atoms with E-state index in [2.05, 4.69) is 10.6 Å². The Morgan fingerprint density at radius 1 is 0.865 bits per heavy atom. The topological polar surface area (TPSA) is 131 Å². The van der Waals surface area contributed by atoms with E-state index < -0.39 is 36.3 Å². The van der Waals surface area contributed by atoms with Gasteiger partial charge in [-0.15, -0.1) is 0 Å². The number of nitrogens with zero attached hydrogens (tertiary/aromatic N) is 1. The zero-order valence-corrected chi connectivity index (χ0v) is 19.9. The van der Waals surface area contributed by atoms with Gasteiger partial charge in [0.2, 0.25) is 0 Å². The largest absolute Gasteiger partial charge is 0.494 e. The van der Waals surface area contributed by atoms with Gasteiger partial charge in [-0.25, -0.2) is 14.5 Å². The molecule has 0 saturated carbocycles. The van der Waals surface area contributed by atoms with Crippen LogP contribution in [-0.2, 0) is 16.1 Å². The molecule has 0 fully saturated rings. The van der Waals surface area contributed by atoms with Crippen LogP contribution in [0.1, 0.15) is 43.6 Å². The normalized spacial score (nSPS) is 12.1. The number of urea groups is 1. The molecule has 0 unspecified atom stereocenters. The molecule has 0 spiro atoms. The van der Waals surface area contributed by atoms with Crippen molar-refractivity contribution < 1.29 is 33.4 Å². The van der Waals surface area contributed by atoms with E-state index in [0.29, 0.717) is 18.0 Å². The van der Waals surface area contributed by atoms with Gasteiger partial charge >= 0.3 is 12.0 Å². The second-order valence-corrected chi connectivity index (χ2v) is 7.93. The molecule has 0 bridgehead atoms. The van der Waals surface area contributed by atoms with Gasteiger partial charge in [0.15, 0.2) is 6.61 Å². The number of anilines is 1. The van der Waals surface area contributed by atoms with Gasteiger partial charge in [-0.3, -0.25) is 19.7 Å². The van der Waals surface area contributed by atoms with E-state index in [4.69, 9.17) is 9.47 Å². The summed E-state index contributed by atoms with van der Waals surface area (Å²) in [5.41, 5.74) is 1.37. The maximum absolute atomic E-state index is 13.0. The number of amides is 5. The smallest absolute Gasteiger partial charge is 0.338 e. The first-order chi connectivity index (χ1) is 17.9. The molecule has 3 aromatic rings. The van der Waals surface area contributed by atoms with Gasteiger partial charge in [0, 0.05) is 6.54 Å². The van der Waals surface area contributed by atoms with Gasteiger partial charge in [0.05, 0.1) is 29.0 Å². The number of imide groups is 2. The maximum Gasteiger partial charge on any atom is 0.338 e. The van der Waals surface area contributed by atoms with Crippen molar-refractivity contribution in [2.45, 2.75) is 13.5 Å². The van der Waals surface area contributed by atoms with Crippen molar-refractivity contribution in [2.75, 3.05) is 18.1 Å². The van der Waals surface area contributed by atoms with Crippen LogP contribution >= 0.6 is 0 Å². The highest BCUT2D eigenvalue weighted by Crippen LogP contribution is 2.30. The van der Waals surface area contributed by atoms with Crippen molar-refractivity contribution in [3.05, 3.63) is 95.1 Å². The van der Waals surface area contributed by atoms with E-state index in [1.165, 1.54) is 18.2 Å². The van der Waals surface area contributed by atoms with Crippen LogP contribution in [0.5, 0.6) is 5.75 Å². The molecule has 10 nitrogen and oxygen atoms in total. The van der Waals surface area contributed by atoms with Gasteiger partial charge < -0.3 is 14.8 Å². The predicted octanol–water partition coefficient (Wildman–Crippen LogP) is 3.07. The number of hydrogen-bond donors (Lipinski definition) is 2. The first kappa shape index (κ1) is 25.1. The Labute approximate surface area is 212 Å². The number of nitrogens with one attached hydrogen (secondary N) is 2. The molecule has 4 rings (SSSR count). The summed E-state index contributed by atoms with van der Waals surface area (Å²) in [6.07, 6.45) is 0. The molecule has 1 aliphatic rings. The van der Waals surface area contributed by atoms with E-state index in [9.17, 15) is 24.0 Å². The summed E-state index contributed by atoms with van der Waals surface area (Å²) in [6.45, 7) is 1.83. The Balaban J connectivity index is 1.33. The second-order valence-electron chi connectivity index (χ2n) is 7.93. The monoisotopic (exact) mass is 501 g/mol. The first-order valence-electron chi connectivity index (χ1n) is 11.4. The van der Waals surface area contributed by atoms with Gasteiger partial charge in [0.25, 0.3) is 17.7 Å². The molecule has 2 N–H and O–H groups in total. The van der Waals surface area contributed by atoms with Crippen LogP contribution in [-0.4, -0.2) is 42.9 Å². The molecule has 1 aliphatic heterocycles. The molecule has 0 aliphatic carbocycles. The Morgan fingerprint density at radius 3 is 2.27 bits per heavy atom. The van der Waals surface area contributed by atoms with Gasteiger partial charge in [-0.2, -0.15) is 0 Å². The zero-order chi connectivity index (χ0) is 26.4. The maximum atomic E-state index is 13.0. The van der Waals surface area contributed by atoms with Crippen molar-refractivity contribution in [1.82, 2.24) is 10.6 Å². The van der Waals surface area contributed by atoms with Crippen LogP contribution in [0.25, 0.3) is 0 Å². The quantitative estimate of drug-likeness (QED) is 0.358. The molecule has 188 valence electrons.